The first-order chi connectivity index (χ1) is 7.36. The Morgan fingerprint density at radius 2 is 2.07 bits per heavy atom. The van der Waals surface area contributed by atoms with Crippen molar-refractivity contribution in [1.29, 1.82) is 0 Å². The summed E-state index contributed by atoms with van der Waals surface area (Å²) in [6, 6.07) is 4.09. The molecule has 0 radical (unpaired) electrons. The van der Waals surface area contributed by atoms with Gasteiger partial charge >= 0.3 is 0 Å². The number of hydrogen-bond donors (Lipinski definition) is 1. The number of hydrogen-bond acceptors (Lipinski definition) is 3. The second-order valence-electron chi connectivity index (χ2n) is 3.60. The standard InChI is InChI=1S/C12H21NO2/c1-3-11-6-7-12(15-11)10-13-8-4-5-9-14-2/h6-7,13H,3-5,8-10H2,1-2H3. The van der Waals surface area contributed by atoms with Crippen molar-refractivity contribution in [1.82, 2.24) is 5.32 Å². The number of ether oxygens (including phenoxy) is 1. The van der Waals surface area contributed by atoms with Crippen LogP contribution in [0.15, 0.2) is 16.5 Å². The minimum atomic E-state index is 0.826. The summed E-state index contributed by atoms with van der Waals surface area (Å²) < 4.78 is 10.6. The highest BCUT2D eigenvalue weighted by atomic mass is 16.5. The first-order valence-electron chi connectivity index (χ1n) is 5.64. The van der Waals surface area contributed by atoms with Crippen LogP contribution in [0, 0.1) is 0 Å². The quantitative estimate of drug-likeness (QED) is 0.670. The lowest BCUT2D eigenvalue weighted by Gasteiger charge is -2.02. The molecule has 0 aromatic carbocycles. The fraction of sp³-hybridized carbons (Fsp3) is 0.667. The zero-order valence-corrected chi connectivity index (χ0v) is 9.71. The van der Waals surface area contributed by atoms with Crippen molar-refractivity contribution in [3.63, 3.8) is 0 Å². The number of furan rings is 1. The molecular weight excluding hydrogens is 190 g/mol. The molecule has 1 aromatic rings. The van der Waals surface area contributed by atoms with Gasteiger partial charge in [-0.1, -0.05) is 6.92 Å². The van der Waals surface area contributed by atoms with Crippen molar-refractivity contribution in [3.8, 4) is 0 Å². The first kappa shape index (κ1) is 12.3. The van der Waals surface area contributed by atoms with E-state index in [0.717, 1.165) is 50.5 Å². The van der Waals surface area contributed by atoms with Gasteiger partial charge in [-0.15, -0.1) is 0 Å². The van der Waals surface area contributed by atoms with E-state index in [-0.39, 0.29) is 0 Å². The Bertz CT molecular complexity index is 258. The highest BCUT2D eigenvalue weighted by Gasteiger charge is 1.98. The Kier molecular flexibility index (Phi) is 6.12. The van der Waals surface area contributed by atoms with Gasteiger partial charge in [0.05, 0.1) is 6.54 Å². The van der Waals surface area contributed by atoms with E-state index in [9.17, 15) is 0 Å². The zero-order chi connectivity index (χ0) is 10.9. The van der Waals surface area contributed by atoms with Gasteiger partial charge in [-0.3, -0.25) is 0 Å². The Morgan fingerprint density at radius 3 is 2.73 bits per heavy atom. The van der Waals surface area contributed by atoms with Gasteiger partial charge in [0.1, 0.15) is 11.5 Å². The molecule has 0 atom stereocenters. The van der Waals surface area contributed by atoms with Crippen molar-refractivity contribution in [2.24, 2.45) is 0 Å². The van der Waals surface area contributed by atoms with Gasteiger partial charge < -0.3 is 14.5 Å². The summed E-state index contributed by atoms with van der Waals surface area (Å²) >= 11 is 0. The number of aryl methyl sites for hydroxylation is 1. The molecule has 3 heteroatoms. The fourth-order valence-electron chi connectivity index (χ4n) is 1.42. The molecule has 0 aliphatic carbocycles. The summed E-state index contributed by atoms with van der Waals surface area (Å²) in [4.78, 5) is 0. The van der Waals surface area contributed by atoms with Crippen LogP contribution in [-0.4, -0.2) is 20.3 Å². The molecule has 86 valence electrons. The van der Waals surface area contributed by atoms with E-state index >= 15 is 0 Å². The lowest BCUT2D eigenvalue weighted by atomic mass is 10.3. The van der Waals surface area contributed by atoms with Crippen molar-refractivity contribution in [2.75, 3.05) is 20.3 Å². The zero-order valence-electron chi connectivity index (χ0n) is 9.71. The summed E-state index contributed by atoms with van der Waals surface area (Å²) in [5.74, 6) is 2.09. The summed E-state index contributed by atoms with van der Waals surface area (Å²) in [6.45, 7) is 4.79. The number of methoxy groups -OCH3 is 1. The van der Waals surface area contributed by atoms with Gasteiger partial charge in [0, 0.05) is 20.1 Å². The predicted octanol–water partition coefficient (Wildman–Crippen LogP) is 2.36. The second kappa shape index (κ2) is 7.49. The van der Waals surface area contributed by atoms with Crippen molar-refractivity contribution >= 4 is 0 Å². The maximum absolute atomic E-state index is 5.57. The molecule has 1 rings (SSSR count). The lowest BCUT2D eigenvalue weighted by Crippen LogP contribution is -2.14. The van der Waals surface area contributed by atoms with Crippen molar-refractivity contribution < 1.29 is 9.15 Å². The van der Waals surface area contributed by atoms with Crippen molar-refractivity contribution in [2.45, 2.75) is 32.7 Å². The van der Waals surface area contributed by atoms with Gasteiger partial charge in [-0.25, -0.2) is 0 Å². The number of nitrogens with one attached hydrogen (secondary N) is 1. The van der Waals surface area contributed by atoms with E-state index in [1.807, 2.05) is 12.1 Å². The molecule has 0 fully saturated rings. The lowest BCUT2D eigenvalue weighted by molar-refractivity contribution is 0.192. The SMILES string of the molecule is CCc1ccc(CNCCCCOC)o1. The average molecular weight is 211 g/mol. The van der Waals surface area contributed by atoms with Crippen LogP contribution in [0.3, 0.4) is 0 Å². The fourth-order valence-corrected chi connectivity index (χ4v) is 1.42. The summed E-state index contributed by atoms with van der Waals surface area (Å²) in [5.41, 5.74) is 0. The van der Waals surface area contributed by atoms with Gasteiger partial charge in [0.2, 0.25) is 0 Å². The average Bonchev–Trinajstić information content (AvgIpc) is 2.71. The van der Waals surface area contributed by atoms with Crippen LogP contribution in [0.5, 0.6) is 0 Å². The van der Waals surface area contributed by atoms with E-state index < -0.39 is 0 Å². The minimum Gasteiger partial charge on any atom is -0.465 e. The van der Waals surface area contributed by atoms with Crippen LogP contribution < -0.4 is 5.32 Å². The third kappa shape index (κ3) is 5.00. The Morgan fingerprint density at radius 1 is 1.27 bits per heavy atom. The second-order valence-corrected chi connectivity index (χ2v) is 3.60. The molecule has 1 aromatic heterocycles. The van der Waals surface area contributed by atoms with E-state index in [4.69, 9.17) is 9.15 Å². The van der Waals surface area contributed by atoms with Crippen LogP contribution in [0.2, 0.25) is 0 Å². The van der Waals surface area contributed by atoms with Crippen LogP contribution in [-0.2, 0) is 17.7 Å². The van der Waals surface area contributed by atoms with E-state index in [0.29, 0.717) is 0 Å². The monoisotopic (exact) mass is 211 g/mol. The van der Waals surface area contributed by atoms with Gasteiger partial charge in [0.25, 0.3) is 0 Å². The summed E-state index contributed by atoms with van der Waals surface area (Å²) in [5, 5.41) is 3.35. The van der Waals surface area contributed by atoms with Crippen LogP contribution >= 0.6 is 0 Å². The highest BCUT2D eigenvalue weighted by molar-refractivity contribution is 5.06. The number of unbranched alkanes of at least 4 members (excludes halogenated alkanes) is 1. The summed E-state index contributed by atoms with van der Waals surface area (Å²) in [7, 11) is 1.74. The van der Waals surface area contributed by atoms with Gasteiger partial charge in [-0.05, 0) is 31.5 Å². The molecule has 1 heterocycles. The third-order valence-electron chi connectivity index (χ3n) is 2.32. The number of rotatable bonds is 8. The molecule has 0 unspecified atom stereocenters. The molecule has 3 nitrogen and oxygen atoms in total. The molecule has 0 spiro atoms. The third-order valence-corrected chi connectivity index (χ3v) is 2.32. The largest absolute Gasteiger partial charge is 0.465 e. The predicted molar refractivity (Wildman–Crippen MR) is 60.9 cm³/mol. The minimum absolute atomic E-state index is 0.826. The molecule has 0 saturated heterocycles. The van der Waals surface area contributed by atoms with Crippen LogP contribution in [0.1, 0.15) is 31.3 Å². The highest BCUT2D eigenvalue weighted by Crippen LogP contribution is 2.07. The molecular formula is C12H21NO2. The Labute approximate surface area is 91.8 Å². The van der Waals surface area contributed by atoms with Crippen molar-refractivity contribution in [3.05, 3.63) is 23.7 Å². The van der Waals surface area contributed by atoms with E-state index in [1.54, 1.807) is 7.11 Å². The topological polar surface area (TPSA) is 34.4 Å². The van der Waals surface area contributed by atoms with Crippen LogP contribution in [0.4, 0.5) is 0 Å². The molecule has 0 bridgehead atoms. The van der Waals surface area contributed by atoms with E-state index in [2.05, 4.69) is 12.2 Å². The normalized spacial score (nSPS) is 10.8. The maximum Gasteiger partial charge on any atom is 0.117 e. The molecule has 0 aliphatic heterocycles. The van der Waals surface area contributed by atoms with Crippen LogP contribution in [0.25, 0.3) is 0 Å². The summed E-state index contributed by atoms with van der Waals surface area (Å²) in [6.07, 6.45) is 3.23. The Hall–Kier alpha value is -0.800. The maximum atomic E-state index is 5.57. The van der Waals surface area contributed by atoms with E-state index in [1.165, 1.54) is 0 Å². The molecule has 1 N–H and O–H groups in total. The van der Waals surface area contributed by atoms with Gasteiger partial charge in [0.15, 0.2) is 0 Å². The Balaban J connectivity index is 2.04. The molecule has 0 saturated carbocycles. The first-order valence-corrected chi connectivity index (χ1v) is 5.64. The molecule has 0 aliphatic rings. The van der Waals surface area contributed by atoms with Gasteiger partial charge in [-0.2, -0.15) is 0 Å². The smallest absolute Gasteiger partial charge is 0.117 e. The molecule has 15 heavy (non-hydrogen) atoms. The molecule has 0 amide bonds.